The predicted molar refractivity (Wildman–Crippen MR) is 104 cm³/mol. The highest BCUT2D eigenvalue weighted by atomic mass is 16.4. The second-order valence-corrected chi connectivity index (χ2v) is 7.68. The number of carbonyl (C=O) groups excluding carboxylic acids is 2. The van der Waals surface area contributed by atoms with Gasteiger partial charge in [-0.15, -0.1) is 0 Å². The Balaban J connectivity index is 2.07. The number of likely N-dealkylation sites (tertiary alicyclic amines) is 1. The lowest BCUT2D eigenvalue weighted by molar-refractivity contribution is -0.144. The fourth-order valence-electron chi connectivity index (χ4n) is 3.61. The number of hydrogen-bond acceptors (Lipinski definition) is 3. The van der Waals surface area contributed by atoms with Gasteiger partial charge in [-0.2, -0.15) is 0 Å². The maximum atomic E-state index is 12.9. The Morgan fingerprint density at radius 1 is 1.22 bits per heavy atom. The van der Waals surface area contributed by atoms with Gasteiger partial charge >= 0.3 is 5.97 Å². The van der Waals surface area contributed by atoms with Crippen LogP contribution in [-0.2, 0) is 9.59 Å². The van der Waals surface area contributed by atoms with Gasteiger partial charge in [-0.25, -0.2) is 4.79 Å². The van der Waals surface area contributed by atoms with Crippen LogP contribution in [0.4, 0.5) is 0 Å². The number of rotatable bonds is 6. The molecule has 1 saturated heterocycles. The number of nitrogens with one attached hydrogen (secondary N) is 1. The number of piperidine rings is 1. The summed E-state index contributed by atoms with van der Waals surface area (Å²) in [6.07, 6.45) is 2.06. The number of carbonyl (C=O) groups is 3. The molecule has 3 unspecified atom stereocenters. The smallest absolute Gasteiger partial charge is 0.326 e. The summed E-state index contributed by atoms with van der Waals surface area (Å²) >= 11 is 0. The zero-order chi connectivity index (χ0) is 20.1. The summed E-state index contributed by atoms with van der Waals surface area (Å²) in [5.74, 6) is -1.89. The maximum Gasteiger partial charge on any atom is 0.326 e. The summed E-state index contributed by atoms with van der Waals surface area (Å²) in [4.78, 5) is 38.7. The fourth-order valence-corrected chi connectivity index (χ4v) is 3.61. The summed E-state index contributed by atoms with van der Waals surface area (Å²) in [6.45, 7) is 8.57. The lowest BCUT2D eigenvalue weighted by Crippen LogP contribution is -2.51. The first-order chi connectivity index (χ1) is 12.7. The molecule has 6 nitrogen and oxygen atoms in total. The average Bonchev–Trinajstić information content (AvgIpc) is 2.63. The Kier molecular flexibility index (Phi) is 6.99. The maximum absolute atomic E-state index is 12.9. The van der Waals surface area contributed by atoms with Gasteiger partial charge in [0.2, 0.25) is 5.91 Å². The molecule has 0 aliphatic carbocycles. The van der Waals surface area contributed by atoms with Crippen LogP contribution in [0.1, 0.15) is 54.6 Å². The first-order valence-electron chi connectivity index (χ1n) is 9.63. The van der Waals surface area contributed by atoms with E-state index in [1.807, 2.05) is 45.9 Å². The predicted octanol–water partition coefficient (Wildman–Crippen LogP) is 2.77. The lowest BCUT2D eigenvalue weighted by Gasteiger charge is -2.33. The third-order valence-corrected chi connectivity index (χ3v) is 5.32. The van der Waals surface area contributed by atoms with E-state index in [0.717, 1.165) is 17.5 Å². The van der Waals surface area contributed by atoms with Crippen molar-refractivity contribution < 1.29 is 19.5 Å². The highest BCUT2D eigenvalue weighted by Gasteiger charge is 2.32. The molecule has 3 atom stereocenters. The van der Waals surface area contributed by atoms with Crippen molar-refractivity contribution in [3.05, 3.63) is 34.9 Å². The molecule has 0 saturated carbocycles. The van der Waals surface area contributed by atoms with E-state index >= 15 is 0 Å². The molecular weight excluding hydrogens is 344 g/mol. The van der Waals surface area contributed by atoms with Gasteiger partial charge in [0.15, 0.2) is 0 Å². The third kappa shape index (κ3) is 5.31. The molecule has 0 bridgehead atoms. The van der Waals surface area contributed by atoms with Gasteiger partial charge in [0.25, 0.3) is 5.91 Å². The summed E-state index contributed by atoms with van der Waals surface area (Å²) in [7, 11) is 0. The number of nitrogens with zero attached hydrogens (tertiary/aromatic N) is 1. The molecule has 6 heteroatoms. The number of carboxylic acid groups (broad SMARTS) is 1. The summed E-state index contributed by atoms with van der Waals surface area (Å²) < 4.78 is 0. The molecule has 1 heterocycles. The normalized spacial score (nSPS) is 19.3. The topological polar surface area (TPSA) is 86.7 Å². The van der Waals surface area contributed by atoms with Crippen molar-refractivity contribution in [3.8, 4) is 0 Å². The Bertz CT molecular complexity index is 696. The van der Waals surface area contributed by atoms with Crippen molar-refractivity contribution in [2.75, 3.05) is 13.1 Å². The molecule has 2 N–H and O–H groups in total. The van der Waals surface area contributed by atoms with Crippen molar-refractivity contribution in [2.24, 2.45) is 11.8 Å². The summed E-state index contributed by atoms with van der Waals surface area (Å²) in [6, 6.07) is 4.85. The zero-order valence-corrected chi connectivity index (χ0v) is 16.6. The van der Waals surface area contributed by atoms with Crippen LogP contribution in [0, 0.1) is 25.7 Å². The minimum absolute atomic E-state index is 0.0731. The third-order valence-electron chi connectivity index (χ3n) is 5.32. The molecule has 0 radical (unpaired) electrons. The highest BCUT2D eigenvalue weighted by Crippen LogP contribution is 2.21. The second-order valence-electron chi connectivity index (χ2n) is 7.68. The van der Waals surface area contributed by atoms with Gasteiger partial charge in [0.05, 0.1) is 5.92 Å². The summed E-state index contributed by atoms with van der Waals surface area (Å²) in [5, 5.41) is 12.1. The number of aliphatic carboxylic acids is 1. The lowest BCUT2D eigenvalue weighted by atomic mass is 9.94. The van der Waals surface area contributed by atoms with Crippen LogP contribution in [0.25, 0.3) is 0 Å². The van der Waals surface area contributed by atoms with E-state index in [1.165, 1.54) is 0 Å². The van der Waals surface area contributed by atoms with Crippen molar-refractivity contribution in [1.82, 2.24) is 10.2 Å². The molecule has 2 rings (SSSR count). The average molecular weight is 374 g/mol. The Morgan fingerprint density at radius 3 is 2.41 bits per heavy atom. The van der Waals surface area contributed by atoms with Gasteiger partial charge in [0, 0.05) is 18.7 Å². The van der Waals surface area contributed by atoms with E-state index in [4.69, 9.17) is 0 Å². The quantitative estimate of drug-likeness (QED) is 0.802. The van der Waals surface area contributed by atoms with E-state index in [2.05, 4.69) is 5.32 Å². The van der Waals surface area contributed by atoms with Gasteiger partial charge in [-0.3, -0.25) is 9.59 Å². The van der Waals surface area contributed by atoms with Crippen LogP contribution in [0.15, 0.2) is 18.2 Å². The van der Waals surface area contributed by atoms with Crippen molar-refractivity contribution in [2.45, 2.75) is 53.0 Å². The SMILES string of the molecule is CCC(C)C(NC(=O)C1CCCN(C(=O)c2cc(C)cc(C)c2)C1)C(=O)O. The molecule has 148 valence electrons. The highest BCUT2D eigenvalue weighted by molar-refractivity contribution is 5.95. The molecule has 0 aromatic heterocycles. The van der Waals surface area contributed by atoms with Crippen molar-refractivity contribution >= 4 is 17.8 Å². The molecule has 0 spiro atoms. The molecule has 1 aliphatic heterocycles. The van der Waals surface area contributed by atoms with E-state index < -0.39 is 12.0 Å². The van der Waals surface area contributed by atoms with Crippen LogP contribution in [0.2, 0.25) is 0 Å². The molecular formula is C21H30N2O4. The van der Waals surface area contributed by atoms with Gasteiger partial charge in [-0.05, 0) is 44.7 Å². The van der Waals surface area contributed by atoms with Crippen LogP contribution in [0.3, 0.4) is 0 Å². The minimum atomic E-state index is -1.02. The van der Waals surface area contributed by atoms with Crippen LogP contribution < -0.4 is 5.32 Å². The second kappa shape index (κ2) is 9.02. The van der Waals surface area contributed by atoms with E-state index in [0.29, 0.717) is 31.5 Å². The van der Waals surface area contributed by atoms with Crippen LogP contribution >= 0.6 is 0 Å². The van der Waals surface area contributed by atoms with Gasteiger partial charge in [0.1, 0.15) is 6.04 Å². The summed E-state index contributed by atoms with van der Waals surface area (Å²) in [5.41, 5.74) is 2.70. The molecule has 2 amide bonds. The molecule has 1 aromatic rings. The van der Waals surface area contributed by atoms with Gasteiger partial charge in [-0.1, -0.05) is 37.5 Å². The van der Waals surface area contributed by atoms with Crippen molar-refractivity contribution in [1.29, 1.82) is 0 Å². The molecule has 1 fully saturated rings. The number of carboxylic acids is 1. The van der Waals surface area contributed by atoms with Crippen LogP contribution in [-0.4, -0.2) is 46.9 Å². The molecule has 27 heavy (non-hydrogen) atoms. The first kappa shape index (κ1) is 20.9. The van der Waals surface area contributed by atoms with E-state index in [9.17, 15) is 19.5 Å². The molecule has 1 aliphatic rings. The number of benzene rings is 1. The largest absolute Gasteiger partial charge is 0.480 e. The van der Waals surface area contributed by atoms with Gasteiger partial charge < -0.3 is 15.3 Å². The number of amides is 2. The Labute approximate surface area is 160 Å². The monoisotopic (exact) mass is 374 g/mol. The minimum Gasteiger partial charge on any atom is -0.480 e. The molecule has 1 aromatic carbocycles. The Morgan fingerprint density at radius 2 is 1.85 bits per heavy atom. The number of hydrogen-bond donors (Lipinski definition) is 2. The first-order valence-corrected chi connectivity index (χ1v) is 9.63. The fraction of sp³-hybridized carbons (Fsp3) is 0.571. The van der Waals surface area contributed by atoms with Crippen LogP contribution in [0.5, 0.6) is 0 Å². The van der Waals surface area contributed by atoms with E-state index in [1.54, 1.807) is 4.90 Å². The Hall–Kier alpha value is -2.37. The number of aryl methyl sites for hydroxylation is 2. The van der Waals surface area contributed by atoms with E-state index in [-0.39, 0.29) is 23.7 Å². The van der Waals surface area contributed by atoms with Crippen molar-refractivity contribution in [3.63, 3.8) is 0 Å². The standard InChI is InChI=1S/C21H30N2O4/c1-5-15(4)18(21(26)27)22-19(24)16-7-6-8-23(12-16)20(25)17-10-13(2)9-14(3)11-17/h9-11,15-16,18H,5-8,12H2,1-4H3,(H,22,24)(H,26,27). The zero-order valence-electron chi connectivity index (χ0n) is 16.6.